The molecule has 8 nitrogen and oxygen atoms in total. The summed E-state index contributed by atoms with van der Waals surface area (Å²) in [6, 6.07) is 3.68. The van der Waals surface area contributed by atoms with Crippen LogP contribution in [0.2, 0.25) is 0 Å². The molecule has 0 aliphatic rings. The molecule has 1 amide bonds. The van der Waals surface area contributed by atoms with Gasteiger partial charge in [-0.2, -0.15) is 0 Å². The maximum Gasteiger partial charge on any atom is 0.323 e. The highest BCUT2D eigenvalue weighted by molar-refractivity contribution is 5.96. The molecule has 8 heteroatoms. The van der Waals surface area contributed by atoms with Crippen molar-refractivity contribution in [2.45, 2.75) is 0 Å². The van der Waals surface area contributed by atoms with Crippen molar-refractivity contribution in [1.82, 2.24) is 5.32 Å². The molecule has 0 saturated carbocycles. The summed E-state index contributed by atoms with van der Waals surface area (Å²) < 4.78 is 0. The van der Waals surface area contributed by atoms with Crippen molar-refractivity contribution in [2.24, 2.45) is 0 Å². The Balaban J connectivity index is 3.38. The molecule has 0 heterocycles. The Morgan fingerprint density at radius 3 is 2.67 bits per heavy atom. The van der Waals surface area contributed by atoms with E-state index in [4.69, 9.17) is 11.5 Å². The van der Waals surface area contributed by atoms with Crippen LogP contribution in [0.4, 0.5) is 11.4 Å². The lowest BCUT2D eigenvalue weighted by molar-refractivity contribution is -0.384. The number of rotatable bonds is 6. The fourth-order valence-electron chi connectivity index (χ4n) is 1.72. The van der Waals surface area contributed by atoms with E-state index in [9.17, 15) is 19.7 Å². The number of carboxylic acid groups (broad SMARTS) is 1. The number of benzene rings is 1. The summed E-state index contributed by atoms with van der Waals surface area (Å²) in [5.41, 5.74) is -0.161. The molecule has 0 spiro atoms. The molecule has 1 aromatic carbocycles. The molecule has 1 aromatic rings. The van der Waals surface area contributed by atoms with Crippen LogP contribution in [-0.2, 0) is 4.79 Å². The van der Waals surface area contributed by atoms with Crippen molar-refractivity contribution in [3.05, 3.63) is 33.9 Å². The SMILES string of the molecule is C#CCN(CC(=O)O)c1cc(C(=O)NC)ccc1[N+](=O)[O-]. The molecular formula is C13H13N3O5. The van der Waals surface area contributed by atoms with Crippen LogP contribution in [-0.4, -0.2) is 42.0 Å². The van der Waals surface area contributed by atoms with Crippen molar-refractivity contribution >= 4 is 23.3 Å². The van der Waals surface area contributed by atoms with Gasteiger partial charge in [0.05, 0.1) is 11.5 Å². The Hall–Kier alpha value is -3.08. The van der Waals surface area contributed by atoms with E-state index in [0.717, 1.165) is 11.0 Å². The van der Waals surface area contributed by atoms with Gasteiger partial charge in [0.15, 0.2) is 0 Å². The molecule has 0 saturated heterocycles. The van der Waals surface area contributed by atoms with E-state index < -0.39 is 23.3 Å². The third-order valence-corrected chi connectivity index (χ3v) is 2.61. The molecule has 110 valence electrons. The lowest BCUT2D eigenvalue weighted by Gasteiger charge is -2.20. The van der Waals surface area contributed by atoms with Gasteiger partial charge in [0, 0.05) is 18.7 Å². The number of nitro benzene ring substituents is 1. The monoisotopic (exact) mass is 291 g/mol. The number of nitrogens with zero attached hydrogens (tertiary/aromatic N) is 2. The van der Waals surface area contributed by atoms with Gasteiger partial charge in [0.25, 0.3) is 11.6 Å². The highest BCUT2D eigenvalue weighted by atomic mass is 16.6. The highest BCUT2D eigenvalue weighted by Crippen LogP contribution is 2.29. The zero-order valence-electron chi connectivity index (χ0n) is 11.2. The lowest BCUT2D eigenvalue weighted by atomic mass is 10.1. The Bertz CT molecular complexity index is 621. The van der Waals surface area contributed by atoms with Crippen molar-refractivity contribution in [3.8, 4) is 12.3 Å². The number of carbonyl (C=O) groups excluding carboxylic acids is 1. The third-order valence-electron chi connectivity index (χ3n) is 2.61. The van der Waals surface area contributed by atoms with Crippen LogP contribution in [0.1, 0.15) is 10.4 Å². The normalized spacial score (nSPS) is 9.52. The average Bonchev–Trinajstić information content (AvgIpc) is 2.44. The van der Waals surface area contributed by atoms with Crippen LogP contribution in [0.25, 0.3) is 0 Å². The number of anilines is 1. The molecule has 2 N–H and O–H groups in total. The van der Waals surface area contributed by atoms with E-state index in [1.54, 1.807) is 0 Å². The van der Waals surface area contributed by atoms with Crippen molar-refractivity contribution in [3.63, 3.8) is 0 Å². The summed E-state index contributed by atoms with van der Waals surface area (Å²) in [4.78, 5) is 34.0. The Kier molecular flexibility index (Phi) is 5.25. The molecule has 0 fully saturated rings. The molecule has 0 aliphatic heterocycles. The van der Waals surface area contributed by atoms with Gasteiger partial charge in [-0.3, -0.25) is 19.7 Å². The number of hydrogen-bond acceptors (Lipinski definition) is 5. The first-order valence-electron chi connectivity index (χ1n) is 5.81. The van der Waals surface area contributed by atoms with Gasteiger partial charge >= 0.3 is 5.97 Å². The number of carbonyl (C=O) groups is 2. The molecule has 1 rings (SSSR count). The summed E-state index contributed by atoms with van der Waals surface area (Å²) in [6.45, 7) is -0.646. The molecule has 0 unspecified atom stereocenters. The zero-order valence-corrected chi connectivity index (χ0v) is 11.2. The van der Waals surface area contributed by atoms with Gasteiger partial charge in [0.1, 0.15) is 12.2 Å². The first-order valence-corrected chi connectivity index (χ1v) is 5.81. The van der Waals surface area contributed by atoms with Crippen molar-refractivity contribution < 1.29 is 19.6 Å². The van der Waals surface area contributed by atoms with Gasteiger partial charge in [-0.05, 0) is 12.1 Å². The van der Waals surface area contributed by atoms with Gasteiger partial charge in [0.2, 0.25) is 0 Å². The van der Waals surface area contributed by atoms with Crippen molar-refractivity contribution in [2.75, 3.05) is 25.0 Å². The Morgan fingerprint density at radius 1 is 1.52 bits per heavy atom. The predicted molar refractivity (Wildman–Crippen MR) is 75.2 cm³/mol. The maximum absolute atomic E-state index is 11.6. The van der Waals surface area contributed by atoms with Gasteiger partial charge in [-0.25, -0.2) is 0 Å². The van der Waals surface area contributed by atoms with Crippen LogP contribution < -0.4 is 10.2 Å². The van der Waals surface area contributed by atoms with E-state index in [1.165, 1.54) is 19.2 Å². The van der Waals surface area contributed by atoms with Crippen LogP contribution in [0.15, 0.2) is 18.2 Å². The first-order chi connectivity index (χ1) is 9.90. The summed E-state index contributed by atoms with van der Waals surface area (Å²) in [7, 11) is 1.42. The van der Waals surface area contributed by atoms with Gasteiger partial charge in [-0.1, -0.05) is 5.92 Å². The predicted octanol–water partition coefficient (Wildman–Crippen LogP) is 0.479. The summed E-state index contributed by atoms with van der Waals surface area (Å²) >= 11 is 0. The Morgan fingerprint density at radius 2 is 2.19 bits per heavy atom. The smallest absolute Gasteiger partial charge is 0.323 e. The second-order valence-corrected chi connectivity index (χ2v) is 3.99. The van der Waals surface area contributed by atoms with E-state index in [-0.39, 0.29) is 23.5 Å². The van der Waals surface area contributed by atoms with Crippen LogP contribution >= 0.6 is 0 Å². The number of terminal acetylenes is 1. The van der Waals surface area contributed by atoms with Crippen LogP contribution in [0, 0.1) is 22.5 Å². The molecule has 0 radical (unpaired) electrons. The number of carboxylic acids is 1. The van der Waals surface area contributed by atoms with E-state index in [1.807, 2.05) is 0 Å². The molecule has 0 atom stereocenters. The number of nitrogens with one attached hydrogen (secondary N) is 1. The third kappa shape index (κ3) is 3.94. The standard InChI is InChI=1S/C13H13N3O5/c1-3-6-15(8-12(17)18)11-7-9(13(19)14-2)4-5-10(11)16(20)21/h1,4-5,7H,6,8H2,2H3,(H,14,19)(H,17,18). The summed E-state index contributed by atoms with van der Waals surface area (Å²) in [6.07, 6.45) is 5.16. The minimum Gasteiger partial charge on any atom is -0.480 e. The minimum atomic E-state index is -1.19. The number of nitro groups is 1. The van der Waals surface area contributed by atoms with Gasteiger partial charge in [-0.15, -0.1) is 6.42 Å². The van der Waals surface area contributed by atoms with Crippen LogP contribution in [0.3, 0.4) is 0 Å². The van der Waals surface area contributed by atoms with Crippen molar-refractivity contribution in [1.29, 1.82) is 0 Å². The fraction of sp³-hybridized carbons (Fsp3) is 0.231. The topological polar surface area (TPSA) is 113 Å². The van der Waals surface area contributed by atoms with E-state index >= 15 is 0 Å². The van der Waals surface area contributed by atoms with E-state index in [0.29, 0.717) is 0 Å². The number of aliphatic carboxylic acids is 1. The molecular weight excluding hydrogens is 278 g/mol. The van der Waals surface area contributed by atoms with E-state index in [2.05, 4.69) is 11.2 Å². The maximum atomic E-state index is 11.6. The lowest BCUT2D eigenvalue weighted by Crippen LogP contribution is -2.31. The van der Waals surface area contributed by atoms with Crippen LogP contribution in [0.5, 0.6) is 0 Å². The fourth-order valence-corrected chi connectivity index (χ4v) is 1.72. The van der Waals surface area contributed by atoms with Gasteiger partial charge < -0.3 is 15.3 Å². The largest absolute Gasteiger partial charge is 0.480 e. The summed E-state index contributed by atoms with van der Waals surface area (Å²) in [5, 5.41) is 22.3. The second-order valence-electron chi connectivity index (χ2n) is 3.99. The molecule has 0 aliphatic carbocycles. The number of amides is 1. The second kappa shape index (κ2) is 6.91. The highest BCUT2D eigenvalue weighted by Gasteiger charge is 2.22. The first kappa shape index (κ1) is 16.0. The molecule has 0 bridgehead atoms. The minimum absolute atomic E-state index is 0.0125. The molecule has 21 heavy (non-hydrogen) atoms. The zero-order chi connectivity index (χ0) is 16.0. The summed E-state index contributed by atoms with van der Waals surface area (Å²) in [5.74, 6) is 0.608. The quantitative estimate of drug-likeness (QED) is 0.448. The molecule has 0 aromatic heterocycles. The average molecular weight is 291 g/mol. The number of hydrogen-bond donors (Lipinski definition) is 2. The Labute approximate surface area is 120 Å².